The zero-order valence-corrected chi connectivity index (χ0v) is 11.7. The molecule has 2 aromatic rings. The third-order valence-electron chi connectivity index (χ3n) is 4.15. The zero-order valence-electron chi connectivity index (χ0n) is 11.7. The van der Waals surface area contributed by atoms with Crippen LogP contribution in [0.25, 0.3) is 10.9 Å². The molecule has 0 aliphatic carbocycles. The van der Waals surface area contributed by atoms with Gasteiger partial charge in [-0.05, 0) is 31.5 Å². The second kappa shape index (κ2) is 4.84. The summed E-state index contributed by atoms with van der Waals surface area (Å²) in [5.41, 5.74) is 0.497. The number of hydrogen-bond acceptors (Lipinski definition) is 3. The van der Waals surface area contributed by atoms with Crippen LogP contribution in [0.4, 0.5) is 0 Å². The van der Waals surface area contributed by atoms with Gasteiger partial charge in [0, 0.05) is 30.2 Å². The van der Waals surface area contributed by atoms with Gasteiger partial charge in [0.25, 0.3) is 5.91 Å². The van der Waals surface area contributed by atoms with Gasteiger partial charge >= 0.3 is 5.97 Å². The van der Waals surface area contributed by atoms with Crippen LogP contribution in [0.1, 0.15) is 23.7 Å². The molecule has 1 saturated heterocycles. The molecule has 0 saturated carbocycles. The van der Waals surface area contributed by atoms with Gasteiger partial charge in [0.05, 0.1) is 10.9 Å². The predicted octanol–water partition coefficient (Wildman–Crippen LogP) is 2.17. The van der Waals surface area contributed by atoms with Crippen LogP contribution >= 0.6 is 0 Å². The van der Waals surface area contributed by atoms with Crippen molar-refractivity contribution in [2.45, 2.75) is 13.3 Å². The minimum Gasteiger partial charge on any atom is -0.481 e. The van der Waals surface area contributed by atoms with E-state index in [0.717, 1.165) is 10.9 Å². The molecule has 1 atom stereocenters. The van der Waals surface area contributed by atoms with Gasteiger partial charge in [0.2, 0.25) is 0 Å². The first-order valence-electron chi connectivity index (χ1n) is 6.88. The Bertz CT molecular complexity index is 723. The molecule has 1 aromatic carbocycles. The largest absolute Gasteiger partial charge is 0.481 e. The van der Waals surface area contributed by atoms with Crippen LogP contribution in [0.2, 0.25) is 0 Å². The highest BCUT2D eigenvalue weighted by Crippen LogP contribution is 2.31. The maximum atomic E-state index is 12.7. The number of fused-ring (bicyclic) bond motifs is 1. The summed E-state index contributed by atoms with van der Waals surface area (Å²) < 4.78 is 0. The van der Waals surface area contributed by atoms with Gasteiger partial charge in [0.15, 0.2) is 0 Å². The fourth-order valence-electron chi connectivity index (χ4n) is 2.77. The number of rotatable bonds is 2. The molecule has 5 heteroatoms. The molecular weight excluding hydrogens is 268 g/mol. The quantitative estimate of drug-likeness (QED) is 0.917. The van der Waals surface area contributed by atoms with E-state index in [4.69, 9.17) is 0 Å². The van der Waals surface area contributed by atoms with Crippen LogP contribution in [0.5, 0.6) is 0 Å². The highest BCUT2D eigenvalue weighted by atomic mass is 16.4. The van der Waals surface area contributed by atoms with E-state index in [1.807, 2.05) is 12.1 Å². The van der Waals surface area contributed by atoms with Crippen molar-refractivity contribution in [3.8, 4) is 0 Å². The summed E-state index contributed by atoms with van der Waals surface area (Å²) in [4.78, 5) is 29.8. The molecule has 2 heterocycles. The maximum Gasteiger partial charge on any atom is 0.311 e. The number of aliphatic carboxylic acids is 1. The number of carboxylic acid groups (broad SMARTS) is 1. The molecule has 3 rings (SSSR count). The van der Waals surface area contributed by atoms with E-state index in [1.165, 1.54) is 0 Å². The van der Waals surface area contributed by atoms with Crippen molar-refractivity contribution in [1.82, 2.24) is 9.88 Å². The first-order chi connectivity index (χ1) is 10.0. The summed E-state index contributed by atoms with van der Waals surface area (Å²) in [7, 11) is 0. The third-order valence-corrected chi connectivity index (χ3v) is 4.15. The summed E-state index contributed by atoms with van der Waals surface area (Å²) in [5.74, 6) is -0.976. The fourth-order valence-corrected chi connectivity index (χ4v) is 2.77. The highest BCUT2D eigenvalue weighted by Gasteiger charge is 2.42. The van der Waals surface area contributed by atoms with Crippen LogP contribution in [-0.2, 0) is 4.79 Å². The fraction of sp³-hybridized carbons (Fsp3) is 0.312. The van der Waals surface area contributed by atoms with Crippen LogP contribution in [0.3, 0.4) is 0 Å². The number of nitrogens with zero attached hydrogens (tertiary/aromatic N) is 2. The lowest BCUT2D eigenvalue weighted by atomic mass is 9.90. The summed E-state index contributed by atoms with van der Waals surface area (Å²) >= 11 is 0. The monoisotopic (exact) mass is 284 g/mol. The van der Waals surface area contributed by atoms with Crippen molar-refractivity contribution in [2.24, 2.45) is 5.41 Å². The van der Waals surface area contributed by atoms with E-state index in [-0.39, 0.29) is 12.5 Å². The topological polar surface area (TPSA) is 70.5 Å². The lowest BCUT2D eigenvalue weighted by molar-refractivity contribution is -0.147. The van der Waals surface area contributed by atoms with Crippen LogP contribution in [-0.4, -0.2) is 40.0 Å². The lowest BCUT2D eigenvalue weighted by Gasteiger charge is -2.20. The average molecular weight is 284 g/mol. The summed E-state index contributed by atoms with van der Waals surface area (Å²) in [6.07, 6.45) is 2.17. The van der Waals surface area contributed by atoms with E-state index in [1.54, 1.807) is 36.2 Å². The minimum absolute atomic E-state index is 0.126. The van der Waals surface area contributed by atoms with Crippen molar-refractivity contribution < 1.29 is 14.7 Å². The van der Waals surface area contributed by atoms with Gasteiger partial charge in [-0.1, -0.05) is 12.1 Å². The standard InChI is InChI=1S/C16H16N2O3/c1-16(15(20)21)7-9-18(10-16)14(19)12-4-2-6-13-11(12)5-3-8-17-13/h2-6,8H,7,9-10H2,1H3,(H,20,21). The molecule has 0 radical (unpaired) electrons. The van der Waals surface area contributed by atoms with Crippen molar-refractivity contribution in [3.05, 3.63) is 42.1 Å². The number of likely N-dealkylation sites (tertiary alicyclic amines) is 1. The molecule has 1 aliphatic heterocycles. The summed E-state index contributed by atoms with van der Waals surface area (Å²) in [6, 6.07) is 9.09. The van der Waals surface area contributed by atoms with Crippen LogP contribution in [0.15, 0.2) is 36.5 Å². The first-order valence-corrected chi connectivity index (χ1v) is 6.88. The molecule has 0 bridgehead atoms. The molecule has 108 valence electrons. The molecule has 0 spiro atoms. The number of carbonyl (C=O) groups excluding carboxylic acids is 1. The Kier molecular flexibility index (Phi) is 3.12. The Morgan fingerprint density at radius 1 is 1.29 bits per heavy atom. The van der Waals surface area contributed by atoms with Gasteiger partial charge in [-0.3, -0.25) is 14.6 Å². The Labute approximate surface area is 122 Å². The number of aromatic nitrogens is 1. The Morgan fingerprint density at radius 3 is 2.81 bits per heavy atom. The number of pyridine rings is 1. The number of carboxylic acids is 1. The molecule has 1 aliphatic rings. The molecule has 5 nitrogen and oxygen atoms in total. The average Bonchev–Trinajstić information content (AvgIpc) is 2.90. The molecular formula is C16H16N2O3. The van der Waals surface area contributed by atoms with E-state index in [0.29, 0.717) is 18.5 Å². The Balaban J connectivity index is 1.94. The lowest BCUT2D eigenvalue weighted by Crippen LogP contribution is -2.34. The Morgan fingerprint density at radius 2 is 2.10 bits per heavy atom. The molecule has 21 heavy (non-hydrogen) atoms. The van der Waals surface area contributed by atoms with E-state index >= 15 is 0 Å². The van der Waals surface area contributed by atoms with Crippen molar-refractivity contribution >= 4 is 22.8 Å². The van der Waals surface area contributed by atoms with E-state index in [2.05, 4.69) is 4.98 Å². The molecule has 1 aromatic heterocycles. The number of amides is 1. The second-order valence-corrected chi connectivity index (χ2v) is 5.72. The van der Waals surface area contributed by atoms with Gasteiger partial charge < -0.3 is 10.0 Å². The maximum absolute atomic E-state index is 12.7. The normalized spacial score (nSPS) is 21.7. The van der Waals surface area contributed by atoms with Gasteiger partial charge in [0.1, 0.15) is 0 Å². The first kappa shape index (κ1) is 13.5. The van der Waals surface area contributed by atoms with E-state index < -0.39 is 11.4 Å². The zero-order chi connectivity index (χ0) is 15.0. The second-order valence-electron chi connectivity index (χ2n) is 5.72. The molecule has 1 fully saturated rings. The molecule has 1 unspecified atom stereocenters. The van der Waals surface area contributed by atoms with Gasteiger partial charge in [-0.2, -0.15) is 0 Å². The smallest absolute Gasteiger partial charge is 0.311 e. The SMILES string of the molecule is CC1(C(=O)O)CCN(C(=O)c2cccc3ncccc23)C1. The highest BCUT2D eigenvalue weighted by molar-refractivity contribution is 6.06. The van der Waals surface area contributed by atoms with Crippen LogP contribution < -0.4 is 0 Å². The minimum atomic E-state index is -0.850. The van der Waals surface area contributed by atoms with Crippen molar-refractivity contribution in [3.63, 3.8) is 0 Å². The van der Waals surface area contributed by atoms with Crippen molar-refractivity contribution in [1.29, 1.82) is 0 Å². The molecule has 1 amide bonds. The number of hydrogen-bond donors (Lipinski definition) is 1. The number of benzene rings is 1. The summed E-state index contributed by atoms with van der Waals surface area (Å²) in [6.45, 7) is 2.41. The number of carbonyl (C=O) groups is 2. The van der Waals surface area contributed by atoms with Gasteiger partial charge in [-0.25, -0.2) is 0 Å². The van der Waals surface area contributed by atoms with Gasteiger partial charge in [-0.15, -0.1) is 0 Å². The Hall–Kier alpha value is -2.43. The van der Waals surface area contributed by atoms with Crippen LogP contribution in [0, 0.1) is 5.41 Å². The molecule has 1 N–H and O–H groups in total. The predicted molar refractivity (Wildman–Crippen MR) is 78.0 cm³/mol. The van der Waals surface area contributed by atoms with Crippen molar-refractivity contribution in [2.75, 3.05) is 13.1 Å². The third kappa shape index (κ3) is 2.24. The summed E-state index contributed by atoms with van der Waals surface area (Å²) in [5, 5.41) is 10.1. The van der Waals surface area contributed by atoms with E-state index in [9.17, 15) is 14.7 Å².